The highest BCUT2D eigenvalue weighted by Gasteiger charge is 2.34. The minimum Gasteiger partial charge on any atom is -0.354 e. The average Bonchev–Trinajstić information content (AvgIpc) is 2.81. The minimum absolute atomic E-state index is 0.0464. The third-order valence-electron chi connectivity index (χ3n) is 6.03. The number of rotatable bonds is 7. The number of hydrogen-bond donors (Lipinski definition) is 2. The van der Waals surface area contributed by atoms with Crippen LogP contribution >= 0.6 is 11.6 Å². The van der Waals surface area contributed by atoms with E-state index in [1.165, 1.54) is 0 Å². The third kappa shape index (κ3) is 6.57. The standard InChI is InChI=1S/C26H32ClN3O3/c1-17(2)16-28-25(32)23(29-24(31)22-7-5-4-6-18(22)3)19-12-14-30(15-13-19)26(33)20-8-10-21(27)11-9-20/h4-11,17,19,23H,12-16H2,1-3H3,(H,28,32)(H,29,31). The van der Waals surface area contributed by atoms with Gasteiger partial charge < -0.3 is 15.5 Å². The molecule has 3 amide bonds. The number of nitrogens with one attached hydrogen (secondary N) is 2. The fraction of sp³-hybridized carbons (Fsp3) is 0.423. The van der Waals surface area contributed by atoms with Gasteiger partial charge in [-0.25, -0.2) is 0 Å². The predicted molar refractivity (Wildman–Crippen MR) is 130 cm³/mol. The molecule has 1 unspecified atom stereocenters. The van der Waals surface area contributed by atoms with Crippen LogP contribution in [0.4, 0.5) is 0 Å². The second-order valence-electron chi connectivity index (χ2n) is 9.04. The number of nitrogens with zero attached hydrogens (tertiary/aromatic N) is 1. The maximum Gasteiger partial charge on any atom is 0.253 e. The molecule has 1 fully saturated rings. The quantitative estimate of drug-likeness (QED) is 0.641. The number of amides is 3. The van der Waals surface area contributed by atoms with Gasteiger partial charge in [0.05, 0.1) is 0 Å². The molecule has 0 bridgehead atoms. The van der Waals surface area contributed by atoms with Crippen LogP contribution in [0.1, 0.15) is 53.0 Å². The van der Waals surface area contributed by atoms with Crippen LogP contribution < -0.4 is 10.6 Å². The lowest BCUT2D eigenvalue weighted by Gasteiger charge is -2.36. The van der Waals surface area contributed by atoms with Crippen molar-refractivity contribution in [2.45, 2.75) is 39.7 Å². The molecule has 1 heterocycles. The second kappa shape index (κ2) is 11.3. The van der Waals surface area contributed by atoms with Crippen molar-refractivity contribution in [3.05, 3.63) is 70.2 Å². The Labute approximate surface area is 200 Å². The number of aryl methyl sites for hydroxylation is 1. The fourth-order valence-corrected chi connectivity index (χ4v) is 4.20. The van der Waals surface area contributed by atoms with E-state index in [0.29, 0.717) is 54.5 Å². The second-order valence-corrected chi connectivity index (χ2v) is 9.48. The molecule has 0 saturated carbocycles. The zero-order valence-corrected chi connectivity index (χ0v) is 20.2. The van der Waals surface area contributed by atoms with Gasteiger partial charge in [0, 0.05) is 35.8 Å². The van der Waals surface area contributed by atoms with Gasteiger partial charge in [-0.1, -0.05) is 43.6 Å². The highest BCUT2D eigenvalue weighted by molar-refractivity contribution is 6.30. The van der Waals surface area contributed by atoms with Gasteiger partial charge in [-0.2, -0.15) is 0 Å². The first-order valence-corrected chi connectivity index (χ1v) is 11.8. The summed E-state index contributed by atoms with van der Waals surface area (Å²) in [6.07, 6.45) is 1.26. The van der Waals surface area contributed by atoms with Gasteiger partial charge in [-0.15, -0.1) is 0 Å². The van der Waals surface area contributed by atoms with Crippen molar-refractivity contribution in [3.63, 3.8) is 0 Å². The molecule has 2 N–H and O–H groups in total. The van der Waals surface area contributed by atoms with Gasteiger partial charge in [-0.05, 0) is 67.5 Å². The van der Waals surface area contributed by atoms with Gasteiger partial charge >= 0.3 is 0 Å². The van der Waals surface area contributed by atoms with E-state index in [4.69, 9.17) is 11.6 Å². The smallest absolute Gasteiger partial charge is 0.253 e. The number of carbonyl (C=O) groups excluding carboxylic acids is 3. The lowest BCUT2D eigenvalue weighted by molar-refractivity contribution is -0.124. The van der Waals surface area contributed by atoms with E-state index in [2.05, 4.69) is 10.6 Å². The van der Waals surface area contributed by atoms with Crippen LogP contribution in [0.15, 0.2) is 48.5 Å². The molecule has 176 valence electrons. The molecule has 2 aromatic rings. The van der Waals surface area contributed by atoms with Gasteiger partial charge in [0.2, 0.25) is 5.91 Å². The summed E-state index contributed by atoms with van der Waals surface area (Å²) in [6.45, 7) is 7.54. The molecular weight excluding hydrogens is 438 g/mol. The third-order valence-corrected chi connectivity index (χ3v) is 6.28. The Morgan fingerprint density at radius 3 is 2.27 bits per heavy atom. The highest BCUT2D eigenvalue weighted by Crippen LogP contribution is 2.24. The van der Waals surface area contributed by atoms with Crippen molar-refractivity contribution in [1.82, 2.24) is 15.5 Å². The zero-order chi connectivity index (χ0) is 24.0. The summed E-state index contributed by atoms with van der Waals surface area (Å²) in [6, 6.07) is 13.6. The van der Waals surface area contributed by atoms with Crippen LogP contribution in [-0.2, 0) is 4.79 Å². The minimum atomic E-state index is -0.649. The lowest BCUT2D eigenvalue weighted by Crippen LogP contribution is -2.54. The van der Waals surface area contributed by atoms with Crippen LogP contribution in [-0.4, -0.2) is 48.3 Å². The molecule has 0 radical (unpaired) electrons. The summed E-state index contributed by atoms with van der Waals surface area (Å²) < 4.78 is 0. The molecule has 0 aliphatic carbocycles. The molecule has 2 aromatic carbocycles. The summed E-state index contributed by atoms with van der Waals surface area (Å²) in [5.74, 6) is -0.222. The van der Waals surface area contributed by atoms with Gasteiger partial charge in [-0.3, -0.25) is 14.4 Å². The molecule has 1 atom stereocenters. The first-order chi connectivity index (χ1) is 15.8. The molecule has 33 heavy (non-hydrogen) atoms. The predicted octanol–water partition coefficient (Wildman–Crippen LogP) is 4.07. The summed E-state index contributed by atoms with van der Waals surface area (Å²) in [7, 11) is 0. The van der Waals surface area contributed by atoms with Crippen molar-refractivity contribution in [1.29, 1.82) is 0 Å². The molecule has 1 aliphatic heterocycles. The number of likely N-dealkylation sites (tertiary alicyclic amines) is 1. The summed E-state index contributed by atoms with van der Waals surface area (Å²) in [4.78, 5) is 40.7. The molecular formula is C26H32ClN3O3. The maximum atomic E-state index is 13.0. The molecule has 6 nitrogen and oxygen atoms in total. The van der Waals surface area contributed by atoms with Crippen molar-refractivity contribution in [2.75, 3.05) is 19.6 Å². The first kappa shape index (κ1) is 24.8. The van der Waals surface area contributed by atoms with Crippen molar-refractivity contribution in [2.24, 2.45) is 11.8 Å². The fourth-order valence-electron chi connectivity index (χ4n) is 4.07. The van der Waals surface area contributed by atoms with Crippen LogP contribution in [0.25, 0.3) is 0 Å². The summed E-state index contributed by atoms with van der Waals surface area (Å²) in [5, 5.41) is 6.54. The van der Waals surface area contributed by atoms with E-state index in [1.54, 1.807) is 35.2 Å². The summed E-state index contributed by atoms with van der Waals surface area (Å²) >= 11 is 5.93. The highest BCUT2D eigenvalue weighted by atomic mass is 35.5. The SMILES string of the molecule is Cc1ccccc1C(=O)NC(C(=O)NCC(C)C)C1CCN(C(=O)c2ccc(Cl)cc2)CC1. The van der Waals surface area contributed by atoms with Crippen molar-refractivity contribution >= 4 is 29.3 Å². The van der Waals surface area contributed by atoms with Gasteiger partial charge in [0.25, 0.3) is 11.8 Å². The lowest BCUT2D eigenvalue weighted by atomic mass is 9.88. The van der Waals surface area contributed by atoms with Gasteiger partial charge in [0.1, 0.15) is 6.04 Å². The Bertz CT molecular complexity index is 983. The number of piperidine rings is 1. The van der Waals surface area contributed by atoms with Crippen LogP contribution in [0.2, 0.25) is 5.02 Å². The molecule has 3 rings (SSSR count). The molecule has 1 saturated heterocycles. The molecule has 7 heteroatoms. The molecule has 0 aromatic heterocycles. The normalized spacial score (nSPS) is 15.2. The Balaban J connectivity index is 1.69. The Morgan fingerprint density at radius 1 is 1.03 bits per heavy atom. The molecule has 1 aliphatic rings. The van der Waals surface area contributed by atoms with E-state index >= 15 is 0 Å². The maximum absolute atomic E-state index is 13.0. The summed E-state index contributed by atoms with van der Waals surface area (Å²) in [5.41, 5.74) is 2.02. The Morgan fingerprint density at radius 2 is 1.67 bits per heavy atom. The monoisotopic (exact) mass is 469 g/mol. The first-order valence-electron chi connectivity index (χ1n) is 11.4. The topological polar surface area (TPSA) is 78.5 Å². The number of carbonyl (C=O) groups is 3. The Kier molecular flexibility index (Phi) is 8.50. The van der Waals surface area contributed by atoms with E-state index in [0.717, 1.165) is 5.56 Å². The van der Waals surface area contributed by atoms with Crippen molar-refractivity contribution < 1.29 is 14.4 Å². The number of halogens is 1. The average molecular weight is 470 g/mol. The largest absolute Gasteiger partial charge is 0.354 e. The molecule has 0 spiro atoms. The number of hydrogen-bond acceptors (Lipinski definition) is 3. The van der Waals surface area contributed by atoms with Gasteiger partial charge in [0.15, 0.2) is 0 Å². The van der Waals surface area contributed by atoms with E-state index in [9.17, 15) is 14.4 Å². The zero-order valence-electron chi connectivity index (χ0n) is 19.4. The van der Waals surface area contributed by atoms with Crippen LogP contribution in [0.5, 0.6) is 0 Å². The van der Waals surface area contributed by atoms with Crippen molar-refractivity contribution in [3.8, 4) is 0 Å². The van der Waals surface area contributed by atoms with E-state index < -0.39 is 6.04 Å². The van der Waals surface area contributed by atoms with E-state index in [-0.39, 0.29) is 23.6 Å². The van der Waals surface area contributed by atoms with Crippen LogP contribution in [0, 0.1) is 18.8 Å². The number of benzene rings is 2. The Hall–Kier alpha value is -2.86. The van der Waals surface area contributed by atoms with Crippen LogP contribution in [0.3, 0.4) is 0 Å². The van der Waals surface area contributed by atoms with E-state index in [1.807, 2.05) is 39.0 Å².